The van der Waals surface area contributed by atoms with Crippen molar-refractivity contribution in [1.82, 2.24) is 5.06 Å². The molecule has 0 aromatic carbocycles. The second-order valence-corrected chi connectivity index (χ2v) is 4.84. The quantitative estimate of drug-likeness (QED) is 0.658. The van der Waals surface area contributed by atoms with Gasteiger partial charge in [0.1, 0.15) is 6.10 Å². The molecule has 0 spiro atoms. The summed E-state index contributed by atoms with van der Waals surface area (Å²) in [6.45, 7) is 7.74. The Kier molecular flexibility index (Phi) is 3.73. The highest BCUT2D eigenvalue weighted by molar-refractivity contribution is 5.66. The molecule has 1 aliphatic rings. The van der Waals surface area contributed by atoms with Crippen LogP contribution in [0.3, 0.4) is 0 Å². The molecule has 15 heavy (non-hydrogen) atoms. The Morgan fingerprint density at radius 1 is 1.47 bits per heavy atom. The fourth-order valence-electron chi connectivity index (χ4n) is 2.55. The number of piperidine rings is 1. The maximum atomic E-state index is 10.9. The van der Waals surface area contributed by atoms with Gasteiger partial charge >= 0.3 is 5.97 Å². The Morgan fingerprint density at radius 2 is 2.07 bits per heavy atom. The molecule has 0 aromatic rings. The molecular weight excluding hydrogens is 194 g/mol. The molecule has 1 heterocycles. The number of hydrogen-bond donors (Lipinski definition) is 0. The van der Waals surface area contributed by atoms with E-state index >= 15 is 0 Å². The third-order valence-electron chi connectivity index (χ3n) is 2.86. The Bertz CT molecular complexity index is 240. The lowest BCUT2D eigenvalue weighted by molar-refractivity contribution is -0.247. The van der Waals surface area contributed by atoms with Gasteiger partial charge in [-0.05, 0) is 20.8 Å². The monoisotopic (exact) mass is 215 g/mol. The SMILES string of the molecule is CON1C(C)CC(OC(C)=O)CC1(C)C. The summed E-state index contributed by atoms with van der Waals surface area (Å²) < 4.78 is 5.27. The van der Waals surface area contributed by atoms with Crippen LogP contribution in [0.5, 0.6) is 0 Å². The number of hydroxylamine groups is 2. The lowest BCUT2D eigenvalue weighted by Crippen LogP contribution is -2.55. The van der Waals surface area contributed by atoms with E-state index in [2.05, 4.69) is 20.8 Å². The molecular formula is C11H21NO3. The van der Waals surface area contributed by atoms with Gasteiger partial charge in [0.05, 0.1) is 7.11 Å². The van der Waals surface area contributed by atoms with Gasteiger partial charge in [0.2, 0.25) is 0 Å². The van der Waals surface area contributed by atoms with Crippen molar-refractivity contribution in [2.75, 3.05) is 7.11 Å². The van der Waals surface area contributed by atoms with Gasteiger partial charge < -0.3 is 9.57 Å². The zero-order chi connectivity index (χ0) is 11.6. The average Bonchev–Trinajstić information content (AvgIpc) is 1.99. The van der Waals surface area contributed by atoms with E-state index in [1.165, 1.54) is 6.92 Å². The van der Waals surface area contributed by atoms with Crippen LogP contribution in [0.15, 0.2) is 0 Å². The lowest BCUT2D eigenvalue weighted by atomic mass is 9.87. The summed E-state index contributed by atoms with van der Waals surface area (Å²) in [5, 5.41) is 1.98. The first kappa shape index (κ1) is 12.5. The molecule has 1 saturated heterocycles. The number of carbonyl (C=O) groups excluding carboxylic acids is 1. The molecule has 1 aliphatic heterocycles. The largest absolute Gasteiger partial charge is 0.462 e. The summed E-state index contributed by atoms with van der Waals surface area (Å²) in [6, 6.07) is 0.267. The number of carbonyl (C=O) groups is 1. The molecule has 4 nitrogen and oxygen atoms in total. The number of hydrogen-bond acceptors (Lipinski definition) is 4. The molecule has 0 aromatic heterocycles. The summed E-state index contributed by atoms with van der Waals surface area (Å²) in [6.07, 6.45) is 1.65. The van der Waals surface area contributed by atoms with Crippen LogP contribution in [0.1, 0.15) is 40.5 Å². The first-order valence-corrected chi connectivity index (χ1v) is 5.37. The standard InChI is InChI=1S/C11H21NO3/c1-8-6-10(15-9(2)13)7-11(3,4)12(8)14-5/h8,10H,6-7H2,1-5H3. The van der Waals surface area contributed by atoms with Gasteiger partial charge in [0, 0.05) is 31.3 Å². The van der Waals surface area contributed by atoms with E-state index in [1.54, 1.807) is 7.11 Å². The Balaban J connectivity index is 2.68. The molecule has 0 aliphatic carbocycles. The smallest absolute Gasteiger partial charge is 0.302 e. The minimum atomic E-state index is -0.200. The highest BCUT2D eigenvalue weighted by Gasteiger charge is 2.40. The van der Waals surface area contributed by atoms with E-state index < -0.39 is 0 Å². The van der Waals surface area contributed by atoms with Crippen molar-refractivity contribution in [2.45, 2.75) is 58.2 Å². The molecule has 1 fully saturated rings. The number of esters is 1. The molecule has 0 amide bonds. The Labute approximate surface area is 91.5 Å². The minimum Gasteiger partial charge on any atom is -0.462 e. The van der Waals surface area contributed by atoms with Crippen molar-refractivity contribution in [3.8, 4) is 0 Å². The van der Waals surface area contributed by atoms with Crippen molar-refractivity contribution in [1.29, 1.82) is 0 Å². The maximum Gasteiger partial charge on any atom is 0.302 e. The minimum absolute atomic E-state index is 0.0129. The van der Waals surface area contributed by atoms with Gasteiger partial charge in [-0.25, -0.2) is 0 Å². The molecule has 1 rings (SSSR count). The second-order valence-electron chi connectivity index (χ2n) is 4.84. The zero-order valence-electron chi connectivity index (χ0n) is 10.2. The molecule has 0 radical (unpaired) electrons. The normalized spacial score (nSPS) is 31.3. The highest BCUT2D eigenvalue weighted by atomic mass is 16.7. The fraction of sp³-hybridized carbons (Fsp3) is 0.909. The van der Waals surface area contributed by atoms with E-state index in [0.717, 1.165) is 12.8 Å². The van der Waals surface area contributed by atoms with Gasteiger partial charge in [-0.15, -0.1) is 0 Å². The summed E-state index contributed by atoms with van der Waals surface area (Å²) in [4.78, 5) is 16.3. The average molecular weight is 215 g/mol. The first-order valence-electron chi connectivity index (χ1n) is 5.37. The number of ether oxygens (including phenoxy) is 1. The summed E-state index contributed by atoms with van der Waals surface area (Å²) >= 11 is 0. The van der Waals surface area contributed by atoms with Crippen molar-refractivity contribution < 1.29 is 14.4 Å². The molecule has 4 heteroatoms. The van der Waals surface area contributed by atoms with Crippen LogP contribution < -0.4 is 0 Å². The first-order chi connectivity index (χ1) is 6.86. The summed E-state index contributed by atoms with van der Waals surface area (Å²) in [7, 11) is 1.68. The van der Waals surface area contributed by atoms with Crippen molar-refractivity contribution >= 4 is 5.97 Å². The van der Waals surface area contributed by atoms with Gasteiger partial charge in [-0.3, -0.25) is 4.79 Å². The van der Waals surface area contributed by atoms with Crippen LogP contribution in [0.2, 0.25) is 0 Å². The molecule has 0 bridgehead atoms. The fourth-order valence-corrected chi connectivity index (χ4v) is 2.55. The predicted molar refractivity (Wildman–Crippen MR) is 57.2 cm³/mol. The third kappa shape index (κ3) is 2.92. The van der Waals surface area contributed by atoms with E-state index in [1.807, 2.05) is 5.06 Å². The van der Waals surface area contributed by atoms with E-state index in [4.69, 9.17) is 9.57 Å². The Hall–Kier alpha value is -0.610. The topological polar surface area (TPSA) is 38.8 Å². The van der Waals surface area contributed by atoms with Crippen LogP contribution >= 0.6 is 0 Å². The van der Waals surface area contributed by atoms with Gasteiger partial charge in [-0.2, -0.15) is 5.06 Å². The van der Waals surface area contributed by atoms with Crippen LogP contribution in [0.25, 0.3) is 0 Å². The molecule has 88 valence electrons. The lowest BCUT2D eigenvalue weighted by Gasteiger charge is -2.47. The molecule has 2 unspecified atom stereocenters. The molecule has 0 N–H and O–H groups in total. The second kappa shape index (κ2) is 4.49. The van der Waals surface area contributed by atoms with Crippen LogP contribution in [-0.2, 0) is 14.4 Å². The zero-order valence-corrected chi connectivity index (χ0v) is 10.2. The summed E-state index contributed by atoms with van der Waals surface area (Å²) in [5.41, 5.74) is -0.0907. The molecule has 2 atom stereocenters. The van der Waals surface area contributed by atoms with Crippen LogP contribution in [-0.4, -0.2) is 35.8 Å². The third-order valence-corrected chi connectivity index (χ3v) is 2.86. The molecule has 0 saturated carbocycles. The van der Waals surface area contributed by atoms with E-state index in [0.29, 0.717) is 0 Å². The van der Waals surface area contributed by atoms with Crippen LogP contribution in [0.4, 0.5) is 0 Å². The van der Waals surface area contributed by atoms with E-state index in [-0.39, 0.29) is 23.7 Å². The maximum absolute atomic E-state index is 10.9. The predicted octanol–water partition coefficient (Wildman–Crippen LogP) is 1.74. The Morgan fingerprint density at radius 3 is 2.47 bits per heavy atom. The highest BCUT2D eigenvalue weighted by Crippen LogP contribution is 2.33. The van der Waals surface area contributed by atoms with Gasteiger partial charge in [-0.1, -0.05) is 0 Å². The van der Waals surface area contributed by atoms with Crippen molar-refractivity contribution in [3.05, 3.63) is 0 Å². The van der Waals surface area contributed by atoms with Gasteiger partial charge in [0.25, 0.3) is 0 Å². The summed E-state index contributed by atoms with van der Waals surface area (Å²) in [5.74, 6) is -0.200. The van der Waals surface area contributed by atoms with E-state index in [9.17, 15) is 4.79 Å². The van der Waals surface area contributed by atoms with Crippen molar-refractivity contribution in [2.24, 2.45) is 0 Å². The number of rotatable bonds is 2. The van der Waals surface area contributed by atoms with Gasteiger partial charge in [0.15, 0.2) is 0 Å². The van der Waals surface area contributed by atoms with Crippen LogP contribution in [0, 0.1) is 0 Å². The van der Waals surface area contributed by atoms with Crippen molar-refractivity contribution in [3.63, 3.8) is 0 Å². The number of nitrogens with zero attached hydrogens (tertiary/aromatic N) is 1.